The Morgan fingerprint density at radius 1 is 1.21 bits per heavy atom. The fourth-order valence-corrected chi connectivity index (χ4v) is 4.83. The molecular weight excluding hydrogens is 420 g/mol. The topological polar surface area (TPSA) is 139 Å². The van der Waals surface area contributed by atoms with Crippen molar-refractivity contribution in [2.45, 2.75) is 26.9 Å². The van der Waals surface area contributed by atoms with Crippen LogP contribution in [0.5, 0.6) is 0 Å². The molecular formula is C17H26N4O6S2. The summed E-state index contributed by atoms with van der Waals surface area (Å²) >= 11 is 0.930. The van der Waals surface area contributed by atoms with E-state index in [9.17, 15) is 22.8 Å². The van der Waals surface area contributed by atoms with E-state index in [1.165, 1.54) is 4.31 Å². The Balaban J connectivity index is 2.11. The molecule has 0 unspecified atom stereocenters. The standard InChI is InChI=1S/C17H26N4O6S2/c1-10(2)27-17(24)13-11(3)14(15(18)23)28-16(13)19-12(22)9-20-5-7-21(8-6-20)29(4,25)26/h10H,5-9H2,1-4H3,(H2,18,23)(H,19,22). The average molecular weight is 447 g/mol. The number of piperazine rings is 1. The van der Waals surface area contributed by atoms with E-state index in [0.29, 0.717) is 31.7 Å². The number of nitrogens with two attached hydrogens (primary N) is 1. The van der Waals surface area contributed by atoms with E-state index in [4.69, 9.17) is 10.5 Å². The number of esters is 1. The second-order valence-electron chi connectivity index (χ2n) is 7.06. The van der Waals surface area contributed by atoms with Crippen LogP contribution in [0, 0.1) is 6.92 Å². The van der Waals surface area contributed by atoms with E-state index < -0.39 is 21.9 Å². The molecule has 12 heteroatoms. The summed E-state index contributed by atoms with van der Waals surface area (Å²) in [4.78, 5) is 38.6. The van der Waals surface area contributed by atoms with Crippen molar-refractivity contribution in [2.75, 3.05) is 44.3 Å². The van der Waals surface area contributed by atoms with Crippen molar-refractivity contribution in [3.8, 4) is 0 Å². The molecule has 1 aromatic heterocycles. The Hall–Kier alpha value is -2.02. The zero-order chi connectivity index (χ0) is 21.9. The number of sulfonamides is 1. The van der Waals surface area contributed by atoms with Gasteiger partial charge in [0.05, 0.1) is 29.3 Å². The summed E-state index contributed by atoms with van der Waals surface area (Å²) in [6, 6.07) is 0. The highest BCUT2D eigenvalue weighted by Gasteiger charge is 2.28. The highest BCUT2D eigenvalue weighted by molar-refractivity contribution is 7.88. The van der Waals surface area contributed by atoms with Crippen molar-refractivity contribution >= 4 is 44.1 Å². The summed E-state index contributed by atoms with van der Waals surface area (Å²) in [5.74, 6) is -1.71. The van der Waals surface area contributed by atoms with Gasteiger partial charge in [0, 0.05) is 26.2 Å². The quantitative estimate of drug-likeness (QED) is 0.572. The highest BCUT2D eigenvalue weighted by Crippen LogP contribution is 2.33. The number of hydrogen-bond donors (Lipinski definition) is 2. The smallest absolute Gasteiger partial charge is 0.341 e. The van der Waals surface area contributed by atoms with Gasteiger partial charge in [0.25, 0.3) is 5.91 Å². The van der Waals surface area contributed by atoms with Gasteiger partial charge in [-0.15, -0.1) is 11.3 Å². The third kappa shape index (κ3) is 5.98. The number of thiophene rings is 1. The van der Waals surface area contributed by atoms with Crippen LogP contribution in [0.25, 0.3) is 0 Å². The van der Waals surface area contributed by atoms with Gasteiger partial charge in [-0.2, -0.15) is 4.31 Å². The first-order valence-corrected chi connectivity index (χ1v) is 11.7. The Kier molecular flexibility index (Phi) is 7.38. The predicted octanol–water partition coefficient (Wildman–Crippen LogP) is 0.236. The Morgan fingerprint density at radius 2 is 1.79 bits per heavy atom. The van der Waals surface area contributed by atoms with E-state index in [-0.39, 0.29) is 34.0 Å². The lowest BCUT2D eigenvalue weighted by Crippen LogP contribution is -2.50. The van der Waals surface area contributed by atoms with Crippen molar-refractivity contribution in [3.05, 3.63) is 16.0 Å². The largest absolute Gasteiger partial charge is 0.459 e. The maximum Gasteiger partial charge on any atom is 0.341 e. The summed E-state index contributed by atoms with van der Waals surface area (Å²) in [6.07, 6.45) is 0.788. The van der Waals surface area contributed by atoms with E-state index in [1.54, 1.807) is 20.8 Å². The molecule has 1 saturated heterocycles. The monoisotopic (exact) mass is 446 g/mol. The van der Waals surface area contributed by atoms with Gasteiger partial charge >= 0.3 is 5.97 Å². The minimum atomic E-state index is -3.25. The Bertz CT molecular complexity index is 901. The van der Waals surface area contributed by atoms with Crippen molar-refractivity contribution in [1.82, 2.24) is 9.21 Å². The first-order chi connectivity index (χ1) is 13.4. The first-order valence-electron chi connectivity index (χ1n) is 9.01. The van der Waals surface area contributed by atoms with Gasteiger partial charge in [0.15, 0.2) is 0 Å². The Labute approximate surface area is 174 Å². The molecule has 1 aliphatic rings. The zero-order valence-electron chi connectivity index (χ0n) is 16.9. The van der Waals surface area contributed by atoms with Crippen LogP contribution in [0.4, 0.5) is 5.00 Å². The number of carbonyl (C=O) groups is 3. The number of anilines is 1. The van der Waals surface area contributed by atoms with Gasteiger partial charge in [-0.25, -0.2) is 13.2 Å². The minimum absolute atomic E-state index is 0.0269. The molecule has 0 atom stereocenters. The number of rotatable bonds is 7. The van der Waals surface area contributed by atoms with Gasteiger partial charge in [0.1, 0.15) is 5.00 Å². The molecule has 3 N–H and O–H groups in total. The normalized spacial score (nSPS) is 16.0. The summed E-state index contributed by atoms with van der Waals surface area (Å²) in [5.41, 5.74) is 5.86. The Morgan fingerprint density at radius 3 is 2.28 bits per heavy atom. The van der Waals surface area contributed by atoms with Crippen LogP contribution >= 0.6 is 11.3 Å². The second-order valence-corrected chi connectivity index (χ2v) is 10.1. The van der Waals surface area contributed by atoms with Crippen LogP contribution in [0.3, 0.4) is 0 Å². The summed E-state index contributed by atoms with van der Waals surface area (Å²) in [7, 11) is -3.25. The SMILES string of the molecule is Cc1c(C(N)=O)sc(NC(=O)CN2CCN(S(C)(=O)=O)CC2)c1C(=O)OC(C)C. The molecule has 0 spiro atoms. The van der Waals surface area contributed by atoms with Crippen molar-refractivity contribution < 1.29 is 27.5 Å². The maximum absolute atomic E-state index is 12.5. The number of nitrogens with zero attached hydrogens (tertiary/aromatic N) is 2. The summed E-state index contributed by atoms with van der Waals surface area (Å²) < 4.78 is 29.7. The molecule has 0 aliphatic carbocycles. The van der Waals surface area contributed by atoms with Crippen molar-refractivity contribution in [2.24, 2.45) is 5.73 Å². The molecule has 10 nitrogen and oxygen atoms in total. The van der Waals surface area contributed by atoms with Gasteiger partial charge in [-0.1, -0.05) is 0 Å². The van der Waals surface area contributed by atoms with E-state index in [1.807, 2.05) is 4.90 Å². The van der Waals surface area contributed by atoms with Gasteiger partial charge in [-0.05, 0) is 26.3 Å². The fourth-order valence-electron chi connectivity index (χ4n) is 2.94. The third-order valence-electron chi connectivity index (χ3n) is 4.34. The second kappa shape index (κ2) is 9.20. The lowest BCUT2D eigenvalue weighted by atomic mass is 10.1. The lowest BCUT2D eigenvalue weighted by Gasteiger charge is -2.32. The molecule has 29 heavy (non-hydrogen) atoms. The molecule has 2 amide bonds. The van der Waals surface area contributed by atoms with Crippen LogP contribution in [0.2, 0.25) is 0 Å². The van der Waals surface area contributed by atoms with Gasteiger partial charge < -0.3 is 15.8 Å². The van der Waals surface area contributed by atoms with Crippen molar-refractivity contribution in [3.63, 3.8) is 0 Å². The van der Waals surface area contributed by atoms with Crippen molar-refractivity contribution in [1.29, 1.82) is 0 Å². The highest BCUT2D eigenvalue weighted by atomic mass is 32.2. The molecule has 0 bridgehead atoms. The predicted molar refractivity (Wildman–Crippen MR) is 110 cm³/mol. The zero-order valence-corrected chi connectivity index (χ0v) is 18.5. The molecule has 2 heterocycles. The first kappa shape index (κ1) is 23.3. The molecule has 0 aromatic carbocycles. The van der Waals surface area contributed by atoms with Crippen LogP contribution in [0.1, 0.15) is 39.4 Å². The van der Waals surface area contributed by atoms with Crippen LogP contribution in [-0.2, 0) is 19.6 Å². The van der Waals surface area contributed by atoms with Gasteiger partial charge in [-0.3, -0.25) is 14.5 Å². The number of nitrogens with one attached hydrogen (secondary N) is 1. The molecule has 0 saturated carbocycles. The number of amides is 2. The molecule has 1 aromatic rings. The molecule has 162 valence electrons. The molecule has 0 radical (unpaired) electrons. The maximum atomic E-state index is 12.5. The molecule has 2 rings (SSSR count). The third-order valence-corrected chi connectivity index (χ3v) is 6.86. The minimum Gasteiger partial charge on any atom is -0.459 e. The number of ether oxygens (including phenoxy) is 1. The summed E-state index contributed by atoms with van der Waals surface area (Å²) in [6.45, 7) is 6.44. The van der Waals surface area contributed by atoms with E-state index in [0.717, 1.165) is 17.6 Å². The van der Waals surface area contributed by atoms with E-state index >= 15 is 0 Å². The molecule has 1 aliphatic heterocycles. The number of primary amides is 1. The summed E-state index contributed by atoms with van der Waals surface area (Å²) in [5, 5.41) is 2.88. The molecule has 1 fully saturated rings. The fraction of sp³-hybridized carbons (Fsp3) is 0.588. The number of carbonyl (C=O) groups excluding carboxylic acids is 3. The average Bonchev–Trinajstić information content (AvgIpc) is 2.90. The number of hydrogen-bond acceptors (Lipinski definition) is 8. The van der Waals surface area contributed by atoms with Crippen LogP contribution in [-0.4, -0.2) is 80.5 Å². The van der Waals surface area contributed by atoms with E-state index in [2.05, 4.69) is 5.32 Å². The van der Waals surface area contributed by atoms with Gasteiger partial charge in [0.2, 0.25) is 15.9 Å². The van der Waals surface area contributed by atoms with Crippen LogP contribution in [0.15, 0.2) is 0 Å². The lowest BCUT2D eigenvalue weighted by molar-refractivity contribution is -0.117. The van der Waals surface area contributed by atoms with Crippen LogP contribution < -0.4 is 11.1 Å².